The maximum atomic E-state index is 12.3. The molecule has 0 radical (unpaired) electrons. The van der Waals surface area contributed by atoms with Gasteiger partial charge in [0.25, 0.3) is 0 Å². The van der Waals surface area contributed by atoms with Gasteiger partial charge in [0, 0.05) is 31.4 Å². The number of piperazine rings is 1. The molecule has 3 atom stereocenters. The summed E-state index contributed by atoms with van der Waals surface area (Å²) in [5, 5.41) is 0. The van der Waals surface area contributed by atoms with Crippen LogP contribution in [-0.2, 0) is 10.2 Å². The number of amides is 1. The second-order valence-corrected chi connectivity index (χ2v) is 7.79. The number of carbonyl (C=O) groups is 1. The van der Waals surface area contributed by atoms with Crippen LogP contribution in [0.25, 0.3) is 0 Å². The number of hydrogen-bond acceptors (Lipinski definition) is 4. The standard InChI is InChI=1S/C18H30N4O/c1-12-10-21(11-13(2)22(12)17(23)14(3)19)16-8-7-15(9-20-16)18(4,5)6/h7-9,12-14H,10-11,19H2,1-6H3. The number of aromatic nitrogens is 1. The molecule has 0 aromatic carbocycles. The van der Waals surface area contributed by atoms with Crippen molar-refractivity contribution >= 4 is 11.7 Å². The van der Waals surface area contributed by atoms with Gasteiger partial charge in [-0.15, -0.1) is 0 Å². The van der Waals surface area contributed by atoms with Gasteiger partial charge in [-0.1, -0.05) is 26.8 Å². The number of pyridine rings is 1. The smallest absolute Gasteiger partial charge is 0.239 e. The molecular formula is C18H30N4O. The van der Waals surface area contributed by atoms with Crippen LogP contribution in [0.1, 0.15) is 47.1 Å². The van der Waals surface area contributed by atoms with Crippen molar-refractivity contribution in [3.8, 4) is 0 Å². The molecule has 23 heavy (non-hydrogen) atoms. The first-order chi connectivity index (χ1) is 10.6. The number of hydrogen-bond donors (Lipinski definition) is 1. The molecule has 3 unspecified atom stereocenters. The molecule has 1 aromatic rings. The normalized spacial score (nSPS) is 23.8. The lowest BCUT2D eigenvalue weighted by atomic mass is 9.88. The van der Waals surface area contributed by atoms with Crippen molar-refractivity contribution in [3.05, 3.63) is 23.9 Å². The summed E-state index contributed by atoms with van der Waals surface area (Å²) in [6.07, 6.45) is 1.96. The summed E-state index contributed by atoms with van der Waals surface area (Å²) in [5.74, 6) is 1.00. The minimum Gasteiger partial charge on any atom is -0.353 e. The van der Waals surface area contributed by atoms with Gasteiger partial charge in [0.05, 0.1) is 6.04 Å². The van der Waals surface area contributed by atoms with E-state index < -0.39 is 6.04 Å². The second kappa shape index (κ2) is 6.48. The highest BCUT2D eigenvalue weighted by molar-refractivity contribution is 5.82. The Balaban J connectivity index is 2.14. The van der Waals surface area contributed by atoms with Crippen LogP contribution in [0, 0.1) is 0 Å². The first-order valence-electron chi connectivity index (χ1n) is 8.40. The van der Waals surface area contributed by atoms with E-state index in [0.29, 0.717) is 0 Å². The van der Waals surface area contributed by atoms with Crippen molar-refractivity contribution < 1.29 is 4.79 Å². The zero-order valence-corrected chi connectivity index (χ0v) is 15.2. The van der Waals surface area contributed by atoms with Crippen molar-refractivity contribution in [1.82, 2.24) is 9.88 Å². The summed E-state index contributed by atoms with van der Waals surface area (Å²) in [6.45, 7) is 14.0. The molecule has 1 saturated heterocycles. The van der Waals surface area contributed by atoms with E-state index in [9.17, 15) is 4.79 Å². The third-order valence-corrected chi connectivity index (χ3v) is 4.50. The lowest BCUT2D eigenvalue weighted by Crippen LogP contribution is -2.61. The summed E-state index contributed by atoms with van der Waals surface area (Å²) in [5.41, 5.74) is 7.11. The number of rotatable bonds is 2. The number of nitrogens with two attached hydrogens (primary N) is 1. The van der Waals surface area contributed by atoms with Gasteiger partial charge in [-0.25, -0.2) is 4.98 Å². The predicted molar refractivity (Wildman–Crippen MR) is 94.6 cm³/mol. The quantitative estimate of drug-likeness (QED) is 0.907. The second-order valence-electron chi connectivity index (χ2n) is 7.79. The minimum atomic E-state index is -0.448. The summed E-state index contributed by atoms with van der Waals surface area (Å²) in [6, 6.07) is 4.04. The van der Waals surface area contributed by atoms with E-state index >= 15 is 0 Å². The lowest BCUT2D eigenvalue weighted by molar-refractivity contribution is -0.137. The Morgan fingerprint density at radius 2 is 1.83 bits per heavy atom. The van der Waals surface area contributed by atoms with Gasteiger partial charge in [0.2, 0.25) is 5.91 Å². The third kappa shape index (κ3) is 3.83. The van der Waals surface area contributed by atoms with E-state index in [1.807, 2.05) is 11.1 Å². The number of anilines is 1. The lowest BCUT2D eigenvalue weighted by Gasteiger charge is -2.45. The molecule has 1 amide bonds. The Kier molecular flexibility index (Phi) is 4.99. The molecule has 2 rings (SSSR count). The SMILES string of the molecule is CC(N)C(=O)N1C(C)CN(c2ccc(C(C)(C)C)cn2)CC1C. The van der Waals surface area contributed by atoms with Gasteiger partial charge < -0.3 is 15.5 Å². The molecule has 0 spiro atoms. The fourth-order valence-electron chi connectivity index (χ4n) is 3.20. The first kappa shape index (κ1) is 17.7. The topological polar surface area (TPSA) is 62.5 Å². The zero-order chi connectivity index (χ0) is 17.4. The van der Waals surface area contributed by atoms with E-state index in [-0.39, 0.29) is 23.4 Å². The minimum absolute atomic E-state index is 0.0284. The maximum Gasteiger partial charge on any atom is 0.239 e. The molecular weight excluding hydrogens is 288 g/mol. The molecule has 128 valence electrons. The Morgan fingerprint density at radius 1 is 1.26 bits per heavy atom. The van der Waals surface area contributed by atoms with Crippen LogP contribution < -0.4 is 10.6 Å². The highest BCUT2D eigenvalue weighted by Gasteiger charge is 2.34. The average molecular weight is 318 g/mol. The zero-order valence-electron chi connectivity index (χ0n) is 15.2. The van der Waals surface area contributed by atoms with Crippen molar-refractivity contribution in [2.24, 2.45) is 5.73 Å². The molecule has 0 bridgehead atoms. The molecule has 2 heterocycles. The number of nitrogens with zero attached hydrogens (tertiary/aromatic N) is 3. The van der Waals surface area contributed by atoms with Crippen molar-refractivity contribution in [2.45, 2.75) is 65.1 Å². The van der Waals surface area contributed by atoms with Gasteiger partial charge in [-0.3, -0.25) is 4.79 Å². The molecule has 5 nitrogen and oxygen atoms in total. The molecule has 0 aliphatic carbocycles. The van der Waals surface area contributed by atoms with E-state index in [0.717, 1.165) is 18.9 Å². The molecule has 1 aliphatic rings. The fourth-order valence-corrected chi connectivity index (χ4v) is 3.20. The van der Waals surface area contributed by atoms with Gasteiger partial charge in [0.1, 0.15) is 5.82 Å². The average Bonchev–Trinajstić information content (AvgIpc) is 2.45. The van der Waals surface area contributed by atoms with Crippen LogP contribution in [0.15, 0.2) is 18.3 Å². The van der Waals surface area contributed by atoms with Crippen LogP contribution in [0.4, 0.5) is 5.82 Å². The molecule has 1 aliphatic heterocycles. The monoisotopic (exact) mass is 318 g/mol. The van der Waals surface area contributed by atoms with Gasteiger partial charge in [-0.2, -0.15) is 0 Å². The van der Waals surface area contributed by atoms with E-state index in [1.165, 1.54) is 5.56 Å². The van der Waals surface area contributed by atoms with Crippen molar-refractivity contribution in [3.63, 3.8) is 0 Å². The molecule has 1 aromatic heterocycles. The molecule has 0 saturated carbocycles. The summed E-state index contributed by atoms with van der Waals surface area (Å²) < 4.78 is 0. The predicted octanol–water partition coefficient (Wildman–Crippen LogP) is 2.15. The largest absolute Gasteiger partial charge is 0.353 e. The van der Waals surface area contributed by atoms with Crippen LogP contribution in [0.5, 0.6) is 0 Å². The Morgan fingerprint density at radius 3 is 2.22 bits per heavy atom. The highest BCUT2D eigenvalue weighted by atomic mass is 16.2. The van der Waals surface area contributed by atoms with E-state index in [1.54, 1.807) is 6.92 Å². The van der Waals surface area contributed by atoms with E-state index in [2.05, 4.69) is 56.6 Å². The van der Waals surface area contributed by atoms with Crippen LogP contribution in [0.3, 0.4) is 0 Å². The van der Waals surface area contributed by atoms with E-state index in [4.69, 9.17) is 5.73 Å². The third-order valence-electron chi connectivity index (χ3n) is 4.50. The highest BCUT2D eigenvalue weighted by Crippen LogP contribution is 2.25. The molecule has 1 fully saturated rings. The van der Waals surface area contributed by atoms with Gasteiger partial charge in [-0.05, 0) is 37.8 Å². The van der Waals surface area contributed by atoms with Crippen molar-refractivity contribution in [2.75, 3.05) is 18.0 Å². The van der Waals surface area contributed by atoms with Gasteiger partial charge >= 0.3 is 0 Å². The first-order valence-corrected chi connectivity index (χ1v) is 8.40. The fraction of sp³-hybridized carbons (Fsp3) is 0.667. The van der Waals surface area contributed by atoms with Crippen LogP contribution >= 0.6 is 0 Å². The van der Waals surface area contributed by atoms with Crippen molar-refractivity contribution in [1.29, 1.82) is 0 Å². The summed E-state index contributed by atoms with van der Waals surface area (Å²) in [4.78, 5) is 21.1. The number of carbonyl (C=O) groups excluding carboxylic acids is 1. The molecule has 5 heteroatoms. The molecule has 2 N–H and O–H groups in total. The maximum absolute atomic E-state index is 12.3. The van der Waals surface area contributed by atoms with Crippen LogP contribution in [0.2, 0.25) is 0 Å². The summed E-state index contributed by atoms with van der Waals surface area (Å²) >= 11 is 0. The summed E-state index contributed by atoms with van der Waals surface area (Å²) in [7, 11) is 0. The van der Waals surface area contributed by atoms with Gasteiger partial charge in [0.15, 0.2) is 0 Å². The Bertz CT molecular complexity index is 535. The Labute approximate surface area is 139 Å². The Hall–Kier alpha value is -1.62. The van der Waals surface area contributed by atoms with Crippen LogP contribution in [-0.4, -0.2) is 47.0 Å².